The third-order valence-electron chi connectivity index (χ3n) is 4.61. The summed E-state index contributed by atoms with van der Waals surface area (Å²) in [5, 5.41) is 0.933. The number of nitrogens with zero attached hydrogens (tertiary/aromatic N) is 1. The fraction of sp³-hybridized carbons (Fsp3) is 0.250. The van der Waals surface area contributed by atoms with Gasteiger partial charge in [0, 0.05) is 29.8 Å². The average molecular weight is 321 g/mol. The van der Waals surface area contributed by atoms with Crippen molar-refractivity contribution in [2.24, 2.45) is 0 Å². The van der Waals surface area contributed by atoms with Gasteiger partial charge in [-0.25, -0.2) is 0 Å². The van der Waals surface area contributed by atoms with Crippen LogP contribution in [-0.4, -0.2) is 19.1 Å². The van der Waals surface area contributed by atoms with Crippen LogP contribution in [0.2, 0.25) is 0 Å². The molecule has 0 spiro atoms. The first-order valence-corrected chi connectivity index (χ1v) is 8.11. The lowest BCUT2D eigenvalue weighted by Gasteiger charge is -2.22. The predicted molar refractivity (Wildman–Crippen MR) is 93.3 cm³/mol. The van der Waals surface area contributed by atoms with E-state index in [1.54, 1.807) is 7.11 Å². The highest BCUT2D eigenvalue weighted by Crippen LogP contribution is 2.35. The molecule has 0 radical (unpaired) electrons. The standard InChI is InChI=1S/C20H19NO3/c1-13-11-14-7-3-5-9-17(14)21(13)20(22)19-16(12-23-2)15-8-4-6-10-18(15)24-19/h3-10,13H,11-12H2,1-2H3/t13-/m0/s1. The van der Waals surface area contributed by atoms with E-state index in [2.05, 4.69) is 13.0 Å². The van der Waals surface area contributed by atoms with Gasteiger partial charge in [0.25, 0.3) is 5.91 Å². The second-order valence-corrected chi connectivity index (χ2v) is 6.20. The molecule has 0 saturated carbocycles. The Hall–Kier alpha value is -2.59. The monoisotopic (exact) mass is 321 g/mol. The molecule has 0 unspecified atom stereocenters. The maximum absolute atomic E-state index is 13.3. The Bertz CT molecular complexity index is 912. The van der Waals surface area contributed by atoms with Crippen molar-refractivity contribution in [1.29, 1.82) is 0 Å². The van der Waals surface area contributed by atoms with Crippen molar-refractivity contribution in [2.75, 3.05) is 12.0 Å². The van der Waals surface area contributed by atoms with E-state index in [1.165, 1.54) is 5.56 Å². The molecule has 1 aliphatic heterocycles. The Balaban J connectivity index is 1.83. The molecule has 0 saturated heterocycles. The van der Waals surface area contributed by atoms with Crippen molar-refractivity contribution >= 4 is 22.6 Å². The number of anilines is 1. The number of benzene rings is 2. The quantitative estimate of drug-likeness (QED) is 0.727. The Morgan fingerprint density at radius 1 is 1.21 bits per heavy atom. The van der Waals surface area contributed by atoms with Crippen LogP contribution >= 0.6 is 0 Å². The molecule has 4 nitrogen and oxygen atoms in total. The van der Waals surface area contributed by atoms with Crippen LogP contribution in [0, 0.1) is 0 Å². The van der Waals surface area contributed by atoms with E-state index in [-0.39, 0.29) is 11.9 Å². The number of carbonyl (C=O) groups excluding carboxylic acids is 1. The van der Waals surface area contributed by atoms with Gasteiger partial charge < -0.3 is 14.1 Å². The van der Waals surface area contributed by atoms with Crippen LogP contribution in [0.5, 0.6) is 0 Å². The van der Waals surface area contributed by atoms with E-state index in [0.717, 1.165) is 23.1 Å². The zero-order valence-corrected chi connectivity index (χ0v) is 13.8. The number of ether oxygens (including phenoxy) is 1. The molecule has 0 fully saturated rings. The maximum Gasteiger partial charge on any atom is 0.294 e. The van der Waals surface area contributed by atoms with E-state index >= 15 is 0 Å². The summed E-state index contributed by atoms with van der Waals surface area (Å²) < 4.78 is 11.2. The number of carbonyl (C=O) groups is 1. The average Bonchev–Trinajstić information content (AvgIpc) is 3.12. The molecule has 0 N–H and O–H groups in total. The Morgan fingerprint density at radius 3 is 2.79 bits per heavy atom. The zero-order valence-electron chi connectivity index (χ0n) is 13.8. The van der Waals surface area contributed by atoms with Gasteiger partial charge in [0.2, 0.25) is 0 Å². The summed E-state index contributed by atoms with van der Waals surface area (Å²) >= 11 is 0. The molecule has 3 aromatic rings. The van der Waals surface area contributed by atoms with Gasteiger partial charge in [-0.15, -0.1) is 0 Å². The predicted octanol–water partition coefficient (Wildman–Crippen LogP) is 4.17. The highest BCUT2D eigenvalue weighted by Gasteiger charge is 2.34. The number of para-hydroxylation sites is 2. The highest BCUT2D eigenvalue weighted by atomic mass is 16.5. The number of fused-ring (bicyclic) bond motifs is 2. The van der Waals surface area contributed by atoms with Gasteiger partial charge >= 0.3 is 0 Å². The molecule has 0 bridgehead atoms. The number of furan rings is 1. The van der Waals surface area contributed by atoms with Crippen molar-refractivity contribution in [3.8, 4) is 0 Å². The van der Waals surface area contributed by atoms with E-state index in [4.69, 9.17) is 9.15 Å². The van der Waals surface area contributed by atoms with E-state index in [9.17, 15) is 4.79 Å². The summed E-state index contributed by atoms with van der Waals surface area (Å²) in [6, 6.07) is 15.9. The summed E-state index contributed by atoms with van der Waals surface area (Å²) in [7, 11) is 1.63. The van der Waals surface area contributed by atoms with Gasteiger partial charge in [0.05, 0.1) is 6.61 Å². The van der Waals surface area contributed by atoms with Gasteiger partial charge in [-0.3, -0.25) is 4.79 Å². The molecule has 4 heteroatoms. The Kier molecular flexibility index (Phi) is 3.62. The first-order chi connectivity index (χ1) is 11.7. The molecule has 0 aliphatic carbocycles. The number of methoxy groups -OCH3 is 1. The zero-order chi connectivity index (χ0) is 16.7. The van der Waals surface area contributed by atoms with Crippen molar-refractivity contribution < 1.29 is 13.9 Å². The van der Waals surface area contributed by atoms with Crippen LogP contribution in [-0.2, 0) is 17.8 Å². The van der Waals surface area contributed by atoms with Gasteiger partial charge in [0.15, 0.2) is 5.76 Å². The molecule has 1 aliphatic rings. The minimum atomic E-state index is -0.101. The minimum Gasteiger partial charge on any atom is -0.450 e. The summed E-state index contributed by atoms with van der Waals surface area (Å²) in [5.74, 6) is 0.275. The third kappa shape index (κ3) is 2.22. The molecule has 4 rings (SSSR count). The van der Waals surface area contributed by atoms with Crippen molar-refractivity contribution in [3.05, 3.63) is 65.4 Å². The lowest BCUT2D eigenvalue weighted by atomic mass is 10.1. The number of amides is 1. The maximum atomic E-state index is 13.3. The first-order valence-electron chi connectivity index (χ1n) is 8.11. The topological polar surface area (TPSA) is 42.7 Å². The van der Waals surface area contributed by atoms with Gasteiger partial charge in [0.1, 0.15) is 5.58 Å². The molecular formula is C20H19NO3. The largest absolute Gasteiger partial charge is 0.450 e. The van der Waals surface area contributed by atoms with Crippen LogP contribution in [0.1, 0.15) is 28.6 Å². The van der Waals surface area contributed by atoms with Gasteiger partial charge in [-0.1, -0.05) is 36.4 Å². The molecule has 24 heavy (non-hydrogen) atoms. The lowest BCUT2D eigenvalue weighted by molar-refractivity contribution is 0.0950. The number of hydrogen-bond donors (Lipinski definition) is 0. The lowest BCUT2D eigenvalue weighted by Crippen LogP contribution is -2.36. The Labute approximate surface area is 140 Å². The molecule has 1 aromatic heterocycles. The molecular weight excluding hydrogens is 302 g/mol. The van der Waals surface area contributed by atoms with Gasteiger partial charge in [-0.05, 0) is 31.0 Å². The number of hydrogen-bond acceptors (Lipinski definition) is 3. The highest BCUT2D eigenvalue weighted by molar-refractivity contribution is 6.09. The van der Waals surface area contributed by atoms with Crippen LogP contribution in [0.25, 0.3) is 11.0 Å². The fourth-order valence-electron chi connectivity index (χ4n) is 3.54. The summed E-state index contributed by atoms with van der Waals surface area (Å²) in [5.41, 5.74) is 3.70. The minimum absolute atomic E-state index is 0.101. The first kappa shape index (κ1) is 15.0. The van der Waals surface area contributed by atoms with E-state index in [1.807, 2.05) is 47.4 Å². The summed E-state index contributed by atoms with van der Waals surface area (Å²) in [6.45, 7) is 2.42. The smallest absolute Gasteiger partial charge is 0.294 e. The fourth-order valence-corrected chi connectivity index (χ4v) is 3.54. The SMILES string of the molecule is COCc1c(C(=O)N2c3ccccc3C[C@@H]2C)oc2ccccc12. The molecule has 2 heterocycles. The van der Waals surface area contributed by atoms with E-state index < -0.39 is 0 Å². The van der Waals surface area contributed by atoms with Crippen LogP contribution in [0.3, 0.4) is 0 Å². The van der Waals surface area contributed by atoms with Crippen molar-refractivity contribution in [3.63, 3.8) is 0 Å². The van der Waals surface area contributed by atoms with Gasteiger partial charge in [-0.2, -0.15) is 0 Å². The summed E-state index contributed by atoms with van der Waals surface area (Å²) in [6.07, 6.45) is 0.863. The Morgan fingerprint density at radius 2 is 1.96 bits per heavy atom. The second-order valence-electron chi connectivity index (χ2n) is 6.20. The van der Waals surface area contributed by atoms with Crippen molar-refractivity contribution in [1.82, 2.24) is 0 Å². The molecule has 2 aromatic carbocycles. The second kappa shape index (κ2) is 5.80. The number of rotatable bonds is 3. The molecule has 1 atom stereocenters. The van der Waals surface area contributed by atoms with Crippen molar-refractivity contribution in [2.45, 2.75) is 26.0 Å². The van der Waals surface area contributed by atoms with Crippen LogP contribution in [0.4, 0.5) is 5.69 Å². The van der Waals surface area contributed by atoms with Crippen LogP contribution in [0.15, 0.2) is 52.9 Å². The third-order valence-corrected chi connectivity index (χ3v) is 4.61. The molecule has 1 amide bonds. The summed E-state index contributed by atoms with van der Waals surface area (Å²) in [4.78, 5) is 15.1. The van der Waals surface area contributed by atoms with E-state index in [0.29, 0.717) is 18.0 Å². The normalized spacial score (nSPS) is 16.6. The molecule has 122 valence electrons. The van der Waals surface area contributed by atoms with Crippen LogP contribution < -0.4 is 4.90 Å².